The summed E-state index contributed by atoms with van der Waals surface area (Å²) in [4.78, 5) is 0. The van der Waals surface area contributed by atoms with Crippen LogP contribution in [0.15, 0.2) is 30.6 Å². The Bertz CT molecular complexity index is 604. The van der Waals surface area contributed by atoms with E-state index in [-0.39, 0.29) is 6.04 Å². The van der Waals surface area contributed by atoms with E-state index in [4.69, 9.17) is 28.9 Å². The van der Waals surface area contributed by atoms with E-state index < -0.39 is 0 Å². The zero-order chi connectivity index (χ0) is 13.4. The lowest BCUT2D eigenvalue weighted by molar-refractivity contribution is 0.573. The average molecular weight is 295 g/mol. The van der Waals surface area contributed by atoms with Crippen LogP contribution >= 0.6 is 23.2 Å². The first-order valence-corrected chi connectivity index (χ1v) is 7.27. The SMILES string of the molecule is NC1CCCc2cn(Cc3cc(Cl)ccc3Cl)cc21. The molecule has 2 aromatic rings. The number of nitrogens with zero attached hydrogens (tertiary/aromatic N) is 1. The second-order valence-electron chi connectivity index (χ2n) is 5.15. The summed E-state index contributed by atoms with van der Waals surface area (Å²) in [6.45, 7) is 0.735. The van der Waals surface area contributed by atoms with E-state index in [9.17, 15) is 0 Å². The van der Waals surface area contributed by atoms with Gasteiger partial charge in [0.25, 0.3) is 0 Å². The van der Waals surface area contributed by atoms with Gasteiger partial charge < -0.3 is 10.3 Å². The average Bonchev–Trinajstić information content (AvgIpc) is 2.78. The Morgan fingerprint density at radius 1 is 1.26 bits per heavy atom. The van der Waals surface area contributed by atoms with Crippen molar-refractivity contribution >= 4 is 23.2 Å². The maximum absolute atomic E-state index is 6.20. The topological polar surface area (TPSA) is 30.9 Å². The van der Waals surface area contributed by atoms with E-state index >= 15 is 0 Å². The molecule has 2 N–H and O–H groups in total. The van der Waals surface area contributed by atoms with E-state index in [2.05, 4.69) is 17.0 Å². The summed E-state index contributed by atoms with van der Waals surface area (Å²) in [5, 5.41) is 1.47. The smallest absolute Gasteiger partial charge is 0.0485 e. The van der Waals surface area contributed by atoms with Gasteiger partial charge in [0.05, 0.1) is 0 Å². The summed E-state index contributed by atoms with van der Waals surface area (Å²) in [6.07, 6.45) is 7.71. The summed E-state index contributed by atoms with van der Waals surface area (Å²) in [6, 6.07) is 5.75. The highest BCUT2D eigenvalue weighted by Gasteiger charge is 2.18. The molecule has 4 heteroatoms. The number of benzene rings is 1. The molecular formula is C15H16Cl2N2. The molecule has 1 unspecified atom stereocenters. The minimum Gasteiger partial charge on any atom is -0.349 e. The van der Waals surface area contributed by atoms with Crippen molar-refractivity contribution in [2.24, 2.45) is 5.73 Å². The van der Waals surface area contributed by atoms with Crippen molar-refractivity contribution in [1.29, 1.82) is 0 Å². The fourth-order valence-electron chi connectivity index (χ4n) is 2.74. The van der Waals surface area contributed by atoms with Crippen LogP contribution in [-0.2, 0) is 13.0 Å². The van der Waals surface area contributed by atoms with Gasteiger partial charge in [-0.2, -0.15) is 0 Å². The molecule has 0 fully saturated rings. The lowest BCUT2D eigenvalue weighted by Crippen LogP contribution is -2.15. The van der Waals surface area contributed by atoms with Gasteiger partial charge in [-0.15, -0.1) is 0 Å². The Balaban J connectivity index is 1.89. The van der Waals surface area contributed by atoms with Gasteiger partial charge in [0.1, 0.15) is 0 Å². The lowest BCUT2D eigenvalue weighted by Gasteiger charge is -2.17. The number of nitrogens with two attached hydrogens (primary N) is 1. The third-order valence-electron chi connectivity index (χ3n) is 3.72. The van der Waals surface area contributed by atoms with Gasteiger partial charge in [-0.25, -0.2) is 0 Å². The van der Waals surface area contributed by atoms with Gasteiger partial charge in [-0.05, 0) is 54.2 Å². The third kappa shape index (κ3) is 2.66. The Labute approximate surface area is 123 Å². The molecule has 1 aliphatic carbocycles. The van der Waals surface area contributed by atoms with Crippen molar-refractivity contribution in [3.63, 3.8) is 0 Å². The molecule has 1 atom stereocenters. The normalized spacial score (nSPS) is 18.4. The summed E-state index contributed by atoms with van der Waals surface area (Å²) in [5.74, 6) is 0. The minimum atomic E-state index is 0.180. The highest BCUT2D eigenvalue weighted by molar-refractivity contribution is 6.33. The molecule has 1 aromatic carbocycles. The van der Waals surface area contributed by atoms with Crippen molar-refractivity contribution in [3.8, 4) is 0 Å². The number of hydrogen-bond acceptors (Lipinski definition) is 1. The fourth-order valence-corrected chi connectivity index (χ4v) is 3.11. The molecule has 2 nitrogen and oxygen atoms in total. The second-order valence-corrected chi connectivity index (χ2v) is 5.99. The molecule has 0 amide bonds. The summed E-state index contributed by atoms with van der Waals surface area (Å²) in [5.41, 5.74) is 9.84. The first-order valence-electron chi connectivity index (χ1n) is 6.51. The lowest BCUT2D eigenvalue weighted by atomic mass is 9.92. The van der Waals surface area contributed by atoms with E-state index in [0.717, 1.165) is 30.0 Å². The van der Waals surface area contributed by atoms with Crippen molar-refractivity contribution in [2.75, 3.05) is 0 Å². The standard InChI is InChI=1S/C15H16Cl2N2/c16-12-4-5-14(17)11(6-12)8-19-7-10-2-1-3-15(18)13(10)9-19/h4-7,9,15H,1-3,8,18H2. The predicted octanol–water partition coefficient (Wildman–Crippen LogP) is 4.18. The van der Waals surface area contributed by atoms with Crippen LogP contribution in [0.3, 0.4) is 0 Å². The molecule has 0 aliphatic heterocycles. The van der Waals surface area contributed by atoms with Crippen LogP contribution in [0, 0.1) is 0 Å². The van der Waals surface area contributed by atoms with Crippen molar-refractivity contribution < 1.29 is 0 Å². The van der Waals surface area contributed by atoms with E-state index in [1.807, 2.05) is 18.2 Å². The van der Waals surface area contributed by atoms with Crippen LogP contribution in [0.2, 0.25) is 10.0 Å². The van der Waals surface area contributed by atoms with Gasteiger partial charge in [0.15, 0.2) is 0 Å². The fraction of sp³-hybridized carbons (Fsp3) is 0.333. The number of aryl methyl sites for hydroxylation is 1. The Morgan fingerprint density at radius 2 is 2.11 bits per heavy atom. The number of hydrogen-bond donors (Lipinski definition) is 1. The molecule has 0 radical (unpaired) electrons. The first-order chi connectivity index (χ1) is 9.13. The number of fused-ring (bicyclic) bond motifs is 1. The zero-order valence-corrected chi connectivity index (χ0v) is 12.1. The number of halogens is 2. The molecule has 0 spiro atoms. The van der Waals surface area contributed by atoms with Crippen LogP contribution < -0.4 is 5.73 Å². The number of aromatic nitrogens is 1. The van der Waals surface area contributed by atoms with Crippen LogP contribution in [0.25, 0.3) is 0 Å². The molecule has 1 aromatic heterocycles. The molecule has 3 rings (SSSR count). The molecule has 1 heterocycles. The zero-order valence-electron chi connectivity index (χ0n) is 10.6. The molecule has 100 valence electrons. The maximum Gasteiger partial charge on any atom is 0.0485 e. The molecule has 1 aliphatic rings. The second kappa shape index (κ2) is 5.20. The predicted molar refractivity (Wildman–Crippen MR) is 79.9 cm³/mol. The van der Waals surface area contributed by atoms with Crippen LogP contribution in [0.4, 0.5) is 0 Å². The molecular weight excluding hydrogens is 279 g/mol. The van der Waals surface area contributed by atoms with Gasteiger partial charge >= 0.3 is 0 Å². The Morgan fingerprint density at radius 3 is 2.89 bits per heavy atom. The van der Waals surface area contributed by atoms with Crippen molar-refractivity contribution in [1.82, 2.24) is 4.57 Å². The quantitative estimate of drug-likeness (QED) is 0.885. The Hall–Kier alpha value is -0.960. The molecule has 0 saturated carbocycles. The van der Waals surface area contributed by atoms with E-state index in [1.165, 1.54) is 17.5 Å². The first kappa shape index (κ1) is 13.0. The summed E-state index contributed by atoms with van der Waals surface area (Å²) >= 11 is 12.2. The molecule has 0 bridgehead atoms. The van der Waals surface area contributed by atoms with Gasteiger partial charge in [-0.1, -0.05) is 23.2 Å². The highest BCUT2D eigenvalue weighted by Crippen LogP contribution is 2.29. The van der Waals surface area contributed by atoms with Gasteiger partial charge in [0, 0.05) is 35.0 Å². The van der Waals surface area contributed by atoms with Crippen molar-refractivity contribution in [2.45, 2.75) is 31.8 Å². The van der Waals surface area contributed by atoms with Gasteiger partial charge in [0.2, 0.25) is 0 Å². The summed E-state index contributed by atoms with van der Waals surface area (Å²) in [7, 11) is 0. The minimum absolute atomic E-state index is 0.180. The highest BCUT2D eigenvalue weighted by atomic mass is 35.5. The Kier molecular flexibility index (Phi) is 3.57. The molecule has 19 heavy (non-hydrogen) atoms. The van der Waals surface area contributed by atoms with E-state index in [1.54, 1.807) is 0 Å². The van der Waals surface area contributed by atoms with Crippen LogP contribution in [0.5, 0.6) is 0 Å². The monoisotopic (exact) mass is 294 g/mol. The van der Waals surface area contributed by atoms with Crippen LogP contribution in [0.1, 0.15) is 35.6 Å². The number of rotatable bonds is 2. The van der Waals surface area contributed by atoms with Crippen LogP contribution in [-0.4, -0.2) is 4.57 Å². The maximum atomic E-state index is 6.20. The van der Waals surface area contributed by atoms with E-state index in [0.29, 0.717) is 5.02 Å². The largest absolute Gasteiger partial charge is 0.349 e. The molecule has 0 saturated heterocycles. The van der Waals surface area contributed by atoms with Gasteiger partial charge in [-0.3, -0.25) is 0 Å². The third-order valence-corrected chi connectivity index (χ3v) is 4.32. The summed E-state index contributed by atoms with van der Waals surface area (Å²) < 4.78 is 2.16. The van der Waals surface area contributed by atoms with Crippen molar-refractivity contribution in [3.05, 3.63) is 57.3 Å².